The summed E-state index contributed by atoms with van der Waals surface area (Å²) in [5.41, 5.74) is -0.122. The van der Waals surface area contributed by atoms with Gasteiger partial charge in [0.25, 0.3) is 0 Å². The van der Waals surface area contributed by atoms with Crippen molar-refractivity contribution in [3.63, 3.8) is 0 Å². The monoisotopic (exact) mass is 257 g/mol. The quantitative estimate of drug-likeness (QED) is 0.706. The zero-order valence-electron chi connectivity index (χ0n) is 12.6. The number of piperazine rings is 1. The summed E-state index contributed by atoms with van der Waals surface area (Å²) < 4.78 is 0. The molecule has 0 bridgehead atoms. The van der Waals surface area contributed by atoms with Gasteiger partial charge in [0.15, 0.2) is 0 Å². The summed E-state index contributed by atoms with van der Waals surface area (Å²) in [7, 11) is 2.20. The van der Waals surface area contributed by atoms with Crippen LogP contribution in [0.5, 0.6) is 0 Å². The van der Waals surface area contributed by atoms with E-state index >= 15 is 0 Å². The maximum Gasteiger partial charge on any atom is 0.0611 e. The van der Waals surface area contributed by atoms with Crippen LogP contribution >= 0.6 is 0 Å². The number of aliphatic hydroxyl groups excluding tert-OH is 1. The highest BCUT2D eigenvalue weighted by Gasteiger charge is 2.25. The Balaban J connectivity index is 2.34. The minimum atomic E-state index is -0.122. The molecule has 0 saturated carbocycles. The average Bonchev–Trinajstić information content (AvgIpc) is 2.38. The number of likely N-dealkylation sites (N-methyl/N-ethyl adjacent to an activating group) is 1. The Morgan fingerprint density at radius 3 is 2.67 bits per heavy atom. The second-order valence-electron chi connectivity index (χ2n) is 6.03. The van der Waals surface area contributed by atoms with Crippen molar-refractivity contribution in [2.75, 3.05) is 46.4 Å². The molecule has 2 atom stereocenters. The van der Waals surface area contributed by atoms with Crippen molar-refractivity contribution in [1.82, 2.24) is 15.1 Å². The van der Waals surface area contributed by atoms with Gasteiger partial charge in [-0.15, -0.1) is 0 Å². The van der Waals surface area contributed by atoms with Crippen LogP contribution in [-0.2, 0) is 0 Å². The zero-order chi connectivity index (χ0) is 13.6. The highest BCUT2D eigenvalue weighted by atomic mass is 16.3. The Labute approximate surface area is 112 Å². The number of hydrogen-bond acceptors (Lipinski definition) is 4. The number of rotatable bonds is 7. The summed E-state index contributed by atoms with van der Waals surface area (Å²) >= 11 is 0. The SMILES string of the molecule is CCCNC(C)(CO)CCN1CCN(C)C(C)C1. The fourth-order valence-corrected chi connectivity index (χ4v) is 2.38. The van der Waals surface area contributed by atoms with E-state index in [4.69, 9.17) is 0 Å². The van der Waals surface area contributed by atoms with E-state index in [-0.39, 0.29) is 12.1 Å². The number of nitrogens with one attached hydrogen (secondary N) is 1. The summed E-state index contributed by atoms with van der Waals surface area (Å²) in [5, 5.41) is 13.0. The fourth-order valence-electron chi connectivity index (χ4n) is 2.38. The number of nitrogens with zero attached hydrogens (tertiary/aromatic N) is 2. The second-order valence-corrected chi connectivity index (χ2v) is 6.03. The van der Waals surface area contributed by atoms with Crippen LogP contribution in [0.25, 0.3) is 0 Å². The molecule has 2 N–H and O–H groups in total. The lowest BCUT2D eigenvalue weighted by molar-refractivity contribution is 0.0868. The Morgan fingerprint density at radius 2 is 2.11 bits per heavy atom. The van der Waals surface area contributed by atoms with E-state index in [9.17, 15) is 5.11 Å². The Kier molecular flexibility index (Phi) is 6.57. The van der Waals surface area contributed by atoms with Gasteiger partial charge in [-0.1, -0.05) is 6.92 Å². The Morgan fingerprint density at radius 1 is 1.39 bits per heavy atom. The van der Waals surface area contributed by atoms with E-state index in [1.807, 2.05) is 0 Å². The molecule has 1 aliphatic heterocycles. The van der Waals surface area contributed by atoms with E-state index in [1.54, 1.807) is 0 Å². The maximum absolute atomic E-state index is 9.55. The van der Waals surface area contributed by atoms with Gasteiger partial charge in [-0.05, 0) is 40.3 Å². The van der Waals surface area contributed by atoms with Crippen LogP contribution in [0, 0.1) is 0 Å². The van der Waals surface area contributed by atoms with Crippen molar-refractivity contribution in [3.05, 3.63) is 0 Å². The first-order chi connectivity index (χ1) is 8.50. The standard InChI is InChI=1S/C14H31N3O/c1-5-7-15-14(3,12-18)6-8-17-10-9-16(4)13(2)11-17/h13,15,18H,5-12H2,1-4H3. The topological polar surface area (TPSA) is 38.7 Å². The largest absolute Gasteiger partial charge is 0.394 e. The Hall–Kier alpha value is -0.160. The molecule has 2 unspecified atom stereocenters. The van der Waals surface area contributed by atoms with Gasteiger partial charge in [0.05, 0.1) is 6.61 Å². The zero-order valence-corrected chi connectivity index (χ0v) is 12.6. The van der Waals surface area contributed by atoms with Crippen molar-refractivity contribution in [1.29, 1.82) is 0 Å². The van der Waals surface area contributed by atoms with Crippen molar-refractivity contribution in [3.8, 4) is 0 Å². The van der Waals surface area contributed by atoms with E-state index < -0.39 is 0 Å². The molecule has 0 aromatic rings. The molecule has 1 aliphatic rings. The highest BCUT2D eigenvalue weighted by Crippen LogP contribution is 2.13. The Bertz CT molecular complexity index is 237. The second kappa shape index (κ2) is 7.43. The molecule has 108 valence electrons. The third-order valence-electron chi connectivity index (χ3n) is 4.17. The molecular formula is C14H31N3O. The van der Waals surface area contributed by atoms with Crippen LogP contribution in [0.3, 0.4) is 0 Å². The van der Waals surface area contributed by atoms with Crippen molar-refractivity contribution in [2.24, 2.45) is 0 Å². The first kappa shape index (κ1) is 15.9. The third kappa shape index (κ3) is 4.84. The summed E-state index contributed by atoms with van der Waals surface area (Å²) in [6, 6.07) is 0.641. The van der Waals surface area contributed by atoms with Gasteiger partial charge < -0.3 is 20.2 Å². The first-order valence-electron chi connectivity index (χ1n) is 7.29. The van der Waals surface area contributed by atoms with Gasteiger partial charge in [-0.2, -0.15) is 0 Å². The molecule has 18 heavy (non-hydrogen) atoms. The van der Waals surface area contributed by atoms with E-state index in [1.165, 1.54) is 0 Å². The average molecular weight is 257 g/mol. The van der Waals surface area contributed by atoms with Crippen LogP contribution in [-0.4, -0.2) is 72.9 Å². The minimum absolute atomic E-state index is 0.122. The lowest BCUT2D eigenvalue weighted by atomic mass is 9.98. The normalized spacial score (nSPS) is 26.2. The molecule has 1 saturated heterocycles. The van der Waals surface area contributed by atoms with Crippen molar-refractivity contribution in [2.45, 2.75) is 45.2 Å². The summed E-state index contributed by atoms with van der Waals surface area (Å²) in [6.07, 6.45) is 2.13. The van der Waals surface area contributed by atoms with Gasteiger partial charge in [0.1, 0.15) is 0 Å². The molecule has 0 radical (unpaired) electrons. The fraction of sp³-hybridized carbons (Fsp3) is 1.00. The molecular weight excluding hydrogens is 226 g/mol. The van der Waals surface area contributed by atoms with Gasteiger partial charge in [-0.3, -0.25) is 0 Å². The molecule has 1 fully saturated rings. The van der Waals surface area contributed by atoms with Gasteiger partial charge in [-0.25, -0.2) is 0 Å². The molecule has 0 aromatic carbocycles. The van der Waals surface area contributed by atoms with Crippen molar-refractivity contribution >= 4 is 0 Å². The van der Waals surface area contributed by atoms with Gasteiger partial charge >= 0.3 is 0 Å². The van der Waals surface area contributed by atoms with E-state index in [2.05, 4.69) is 42.9 Å². The first-order valence-corrected chi connectivity index (χ1v) is 7.29. The van der Waals surface area contributed by atoms with Crippen LogP contribution in [0.1, 0.15) is 33.6 Å². The predicted molar refractivity (Wildman–Crippen MR) is 76.9 cm³/mol. The molecule has 0 aliphatic carbocycles. The van der Waals surface area contributed by atoms with Gasteiger partial charge in [0, 0.05) is 37.8 Å². The lowest BCUT2D eigenvalue weighted by Gasteiger charge is -2.39. The lowest BCUT2D eigenvalue weighted by Crippen LogP contribution is -2.53. The summed E-state index contributed by atoms with van der Waals surface area (Å²) in [6.45, 7) is 12.3. The van der Waals surface area contributed by atoms with Gasteiger partial charge in [0.2, 0.25) is 0 Å². The predicted octanol–water partition coefficient (Wildman–Crippen LogP) is 0.763. The number of aliphatic hydroxyl groups is 1. The molecule has 4 heteroatoms. The minimum Gasteiger partial charge on any atom is -0.394 e. The maximum atomic E-state index is 9.55. The molecule has 1 rings (SSSR count). The summed E-state index contributed by atoms with van der Waals surface area (Å²) in [5.74, 6) is 0. The highest BCUT2D eigenvalue weighted by molar-refractivity contribution is 4.85. The summed E-state index contributed by atoms with van der Waals surface area (Å²) in [4.78, 5) is 4.93. The van der Waals surface area contributed by atoms with Crippen LogP contribution in [0.4, 0.5) is 0 Å². The molecule has 0 amide bonds. The van der Waals surface area contributed by atoms with Crippen LogP contribution in [0.15, 0.2) is 0 Å². The van der Waals surface area contributed by atoms with Crippen LogP contribution < -0.4 is 5.32 Å². The van der Waals surface area contributed by atoms with Crippen molar-refractivity contribution < 1.29 is 5.11 Å². The van der Waals surface area contributed by atoms with E-state index in [0.717, 1.165) is 45.6 Å². The number of hydrogen-bond donors (Lipinski definition) is 2. The molecule has 1 heterocycles. The van der Waals surface area contributed by atoms with E-state index in [0.29, 0.717) is 6.04 Å². The smallest absolute Gasteiger partial charge is 0.0611 e. The molecule has 0 spiro atoms. The van der Waals surface area contributed by atoms with Crippen LogP contribution in [0.2, 0.25) is 0 Å². The molecule has 0 aromatic heterocycles. The molecule has 4 nitrogen and oxygen atoms in total. The third-order valence-corrected chi connectivity index (χ3v) is 4.17.